The molecule has 0 saturated carbocycles. The molecule has 9 heteroatoms. The standard InChI is InChI=1S/C14H14F2N2O4S/c1-21-13-8-10(6-7-17-13)9-18-23(19,20)12-5-3-2-4-11(12)22-14(15)16/h2-8,14,18H,9H2,1H3. The van der Waals surface area contributed by atoms with Crippen molar-refractivity contribution in [3.8, 4) is 11.6 Å². The van der Waals surface area contributed by atoms with Gasteiger partial charge in [0.15, 0.2) is 0 Å². The fraction of sp³-hybridized carbons (Fsp3) is 0.214. The van der Waals surface area contributed by atoms with Crippen molar-refractivity contribution in [2.75, 3.05) is 7.11 Å². The Morgan fingerprint density at radius 2 is 2.00 bits per heavy atom. The number of ether oxygens (including phenoxy) is 2. The van der Waals surface area contributed by atoms with E-state index in [9.17, 15) is 17.2 Å². The molecule has 0 aliphatic heterocycles. The predicted molar refractivity (Wildman–Crippen MR) is 77.9 cm³/mol. The molecular weight excluding hydrogens is 330 g/mol. The zero-order valence-electron chi connectivity index (χ0n) is 12.1. The van der Waals surface area contributed by atoms with Crippen LogP contribution in [0.1, 0.15) is 5.56 Å². The maximum absolute atomic E-state index is 12.4. The number of pyridine rings is 1. The lowest BCUT2D eigenvalue weighted by Gasteiger charge is -2.12. The van der Waals surface area contributed by atoms with E-state index < -0.39 is 22.4 Å². The Morgan fingerprint density at radius 1 is 1.26 bits per heavy atom. The predicted octanol–water partition coefficient (Wildman–Crippen LogP) is 2.17. The van der Waals surface area contributed by atoms with Crippen LogP contribution in [0.25, 0.3) is 0 Å². The van der Waals surface area contributed by atoms with Crippen LogP contribution in [0.3, 0.4) is 0 Å². The van der Waals surface area contributed by atoms with Gasteiger partial charge in [0.2, 0.25) is 15.9 Å². The number of hydrogen-bond donors (Lipinski definition) is 1. The molecule has 0 atom stereocenters. The van der Waals surface area contributed by atoms with Crippen LogP contribution in [0.5, 0.6) is 11.6 Å². The average molecular weight is 344 g/mol. The summed E-state index contributed by atoms with van der Waals surface area (Å²) in [7, 11) is -2.59. The lowest BCUT2D eigenvalue weighted by Crippen LogP contribution is -2.24. The summed E-state index contributed by atoms with van der Waals surface area (Å²) in [5.74, 6) is -0.0783. The molecule has 0 aliphatic rings. The third-order valence-electron chi connectivity index (χ3n) is 2.83. The first-order valence-corrected chi connectivity index (χ1v) is 7.93. The molecule has 6 nitrogen and oxygen atoms in total. The lowest BCUT2D eigenvalue weighted by atomic mass is 10.3. The van der Waals surface area contributed by atoms with Gasteiger partial charge in [-0.2, -0.15) is 8.78 Å². The second-order valence-corrected chi connectivity index (χ2v) is 6.09. The number of hydrogen-bond acceptors (Lipinski definition) is 5. The Bertz CT molecular complexity index is 769. The molecule has 23 heavy (non-hydrogen) atoms. The molecule has 0 fully saturated rings. The molecule has 0 amide bonds. The normalized spacial score (nSPS) is 11.5. The van der Waals surface area contributed by atoms with E-state index in [1.165, 1.54) is 31.5 Å². The van der Waals surface area contributed by atoms with Crippen LogP contribution in [0.4, 0.5) is 8.78 Å². The van der Waals surface area contributed by atoms with Gasteiger partial charge in [-0.15, -0.1) is 0 Å². The van der Waals surface area contributed by atoms with E-state index in [1.54, 1.807) is 12.1 Å². The van der Waals surface area contributed by atoms with Gasteiger partial charge in [0.05, 0.1) is 7.11 Å². The highest BCUT2D eigenvalue weighted by Crippen LogP contribution is 2.25. The molecule has 0 aliphatic carbocycles. The third kappa shape index (κ3) is 4.60. The summed E-state index contributed by atoms with van der Waals surface area (Å²) in [5.41, 5.74) is 0.604. The molecule has 2 rings (SSSR count). The minimum atomic E-state index is -4.02. The van der Waals surface area contributed by atoms with Gasteiger partial charge < -0.3 is 9.47 Å². The van der Waals surface area contributed by atoms with Gasteiger partial charge in [-0.1, -0.05) is 12.1 Å². The van der Waals surface area contributed by atoms with Crippen molar-refractivity contribution in [3.05, 3.63) is 48.2 Å². The lowest BCUT2D eigenvalue weighted by molar-refractivity contribution is -0.0517. The van der Waals surface area contributed by atoms with Gasteiger partial charge in [0.25, 0.3) is 0 Å². The maximum Gasteiger partial charge on any atom is 0.387 e. The molecule has 0 radical (unpaired) electrons. The van der Waals surface area contributed by atoms with E-state index in [0.29, 0.717) is 11.4 Å². The van der Waals surface area contributed by atoms with Crippen molar-refractivity contribution in [2.45, 2.75) is 18.1 Å². The number of alkyl halides is 2. The number of methoxy groups -OCH3 is 1. The SMILES string of the molecule is COc1cc(CNS(=O)(=O)c2ccccc2OC(F)F)ccn1. The molecule has 1 aromatic carbocycles. The highest BCUT2D eigenvalue weighted by Gasteiger charge is 2.21. The number of aromatic nitrogens is 1. The van der Waals surface area contributed by atoms with Crippen LogP contribution in [0.2, 0.25) is 0 Å². The first kappa shape index (κ1) is 17.1. The van der Waals surface area contributed by atoms with Crippen LogP contribution in [-0.4, -0.2) is 27.1 Å². The molecule has 0 unspecified atom stereocenters. The largest absolute Gasteiger partial charge is 0.481 e. The summed E-state index contributed by atoms with van der Waals surface area (Å²) in [6.45, 7) is -3.17. The summed E-state index contributed by atoms with van der Waals surface area (Å²) < 4.78 is 60.8. The van der Waals surface area contributed by atoms with E-state index in [1.807, 2.05) is 0 Å². The Kier molecular flexibility index (Phi) is 5.45. The van der Waals surface area contributed by atoms with Gasteiger partial charge in [0, 0.05) is 18.8 Å². The van der Waals surface area contributed by atoms with Crippen LogP contribution in [-0.2, 0) is 16.6 Å². The van der Waals surface area contributed by atoms with Crippen molar-refractivity contribution < 1.29 is 26.7 Å². The molecule has 0 bridgehead atoms. The number of nitrogens with one attached hydrogen (secondary N) is 1. The zero-order valence-corrected chi connectivity index (χ0v) is 12.9. The van der Waals surface area contributed by atoms with Crippen molar-refractivity contribution >= 4 is 10.0 Å². The van der Waals surface area contributed by atoms with Crippen LogP contribution in [0.15, 0.2) is 47.5 Å². The minimum Gasteiger partial charge on any atom is -0.481 e. The maximum atomic E-state index is 12.4. The Hall–Kier alpha value is -2.26. The van der Waals surface area contributed by atoms with Crippen molar-refractivity contribution in [3.63, 3.8) is 0 Å². The van der Waals surface area contributed by atoms with Crippen molar-refractivity contribution in [2.24, 2.45) is 0 Å². The number of para-hydroxylation sites is 1. The van der Waals surface area contributed by atoms with Crippen LogP contribution in [0, 0.1) is 0 Å². The summed E-state index contributed by atoms with van der Waals surface area (Å²) >= 11 is 0. The highest BCUT2D eigenvalue weighted by atomic mass is 32.2. The van der Waals surface area contributed by atoms with Gasteiger partial charge in [-0.3, -0.25) is 0 Å². The van der Waals surface area contributed by atoms with E-state index in [4.69, 9.17) is 4.74 Å². The third-order valence-corrected chi connectivity index (χ3v) is 4.27. The minimum absolute atomic E-state index is 0.0514. The molecule has 1 heterocycles. The van der Waals surface area contributed by atoms with Crippen molar-refractivity contribution in [1.82, 2.24) is 9.71 Å². The first-order valence-electron chi connectivity index (χ1n) is 6.45. The van der Waals surface area contributed by atoms with Gasteiger partial charge in [-0.25, -0.2) is 18.1 Å². The quantitative estimate of drug-likeness (QED) is 0.833. The Balaban J connectivity index is 2.19. The van der Waals surface area contributed by atoms with E-state index in [0.717, 1.165) is 6.07 Å². The van der Waals surface area contributed by atoms with Gasteiger partial charge in [-0.05, 0) is 23.8 Å². The number of benzene rings is 1. The topological polar surface area (TPSA) is 77.5 Å². The molecule has 0 spiro atoms. The average Bonchev–Trinajstić information content (AvgIpc) is 2.53. The summed E-state index contributed by atoms with van der Waals surface area (Å²) in [6, 6.07) is 8.34. The number of halogens is 2. The van der Waals surface area contributed by atoms with Crippen LogP contribution >= 0.6 is 0 Å². The summed E-state index contributed by atoms with van der Waals surface area (Å²) in [5, 5.41) is 0. The fourth-order valence-corrected chi connectivity index (χ4v) is 2.94. The zero-order chi connectivity index (χ0) is 16.9. The van der Waals surface area contributed by atoms with Gasteiger partial charge >= 0.3 is 6.61 Å². The summed E-state index contributed by atoms with van der Waals surface area (Å²) in [6.07, 6.45) is 1.47. The summed E-state index contributed by atoms with van der Waals surface area (Å²) in [4.78, 5) is 3.54. The molecule has 0 saturated heterocycles. The molecule has 1 aromatic heterocycles. The van der Waals surface area contributed by atoms with E-state index >= 15 is 0 Å². The number of nitrogens with zero attached hydrogens (tertiary/aromatic N) is 1. The smallest absolute Gasteiger partial charge is 0.387 e. The molecule has 1 N–H and O–H groups in total. The van der Waals surface area contributed by atoms with Gasteiger partial charge in [0.1, 0.15) is 10.6 Å². The molecular formula is C14H14F2N2O4S. The first-order chi connectivity index (χ1) is 10.9. The number of sulfonamides is 1. The number of rotatable bonds is 7. The second kappa shape index (κ2) is 7.34. The molecule has 124 valence electrons. The second-order valence-electron chi connectivity index (χ2n) is 4.36. The van der Waals surface area contributed by atoms with E-state index in [2.05, 4.69) is 14.4 Å². The van der Waals surface area contributed by atoms with Crippen molar-refractivity contribution in [1.29, 1.82) is 0 Å². The monoisotopic (exact) mass is 344 g/mol. The Morgan fingerprint density at radius 3 is 2.70 bits per heavy atom. The molecule has 2 aromatic rings. The highest BCUT2D eigenvalue weighted by molar-refractivity contribution is 7.89. The Labute approximate surface area is 132 Å². The fourth-order valence-electron chi connectivity index (χ4n) is 1.79. The van der Waals surface area contributed by atoms with E-state index in [-0.39, 0.29) is 11.4 Å². The van der Waals surface area contributed by atoms with Crippen LogP contribution < -0.4 is 14.2 Å².